The number of halogens is 1. The number of nitrogens with one attached hydrogen (secondary N) is 2. The van der Waals surface area contributed by atoms with Gasteiger partial charge < -0.3 is 20.6 Å². The fraction of sp³-hybridized carbons (Fsp3) is 0.316. The minimum atomic E-state index is -4.28. The Kier molecular flexibility index (Phi) is 10.4. The molecule has 256 valence electrons. The first-order valence-electron chi connectivity index (χ1n) is 16.6. The molecule has 0 unspecified atom stereocenters. The lowest BCUT2D eigenvalue weighted by Gasteiger charge is -2.31. The number of nitrogens with zero attached hydrogens (tertiary/aromatic N) is 2. The van der Waals surface area contributed by atoms with Gasteiger partial charge in [-0.05, 0) is 103 Å². The number of hydrogen-bond donors (Lipinski definition) is 3. The van der Waals surface area contributed by atoms with Crippen molar-refractivity contribution in [1.29, 1.82) is 0 Å². The molecule has 9 nitrogen and oxygen atoms in total. The second kappa shape index (κ2) is 14.7. The number of carbonyl (C=O) groups is 2. The van der Waals surface area contributed by atoms with E-state index in [1.807, 2.05) is 36.4 Å². The van der Waals surface area contributed by atoms with Gasteiger partial charge >= 0.3 is 5.97 Å². The molecule has 1 heterocycles. The van der Waals surface area contributed by atoms with E-state index in [2.05, 4.69) is 15.5 Å². The Bertz CT molecular complexity index is 1910. The monoisotopic (exact) mass is 700 g/mol. The summed E-state index contributed by atoms with van der Waals surface area (Å²) in [6.07, 6.45) is 4.01. The zero-order valence-corrected chi connectivity index (χ0v) is 29.0. The molecule has 1 amide bonds. The number of hydrogen-bond acceptors (Lipinski definition) is 6. The summed E-state index contributed by atoms with van der Waals surface area (Å²) in [6, 6.07) is 27.8. The van der Waals surface area contributed by atoms with E-state index in [9.17, 15) is 23.1 Å². The van der Waals surface area contributed by atoms with Crippen LogP contribution in [0, 0.1) is 0 Å². The summed E-state index contributed by atoms with van der Waals surface area (Å²) < 4.78 is 30.6. The highest BCUT2D eigenvalue weighted by molar-refractivity contribution is 7.89. The van der Waals surface area contributed by atoms with Gasteiger partial charge in [0.05, 0.1) is 10.5 Å². The molecule has 4 aromatic carbocycles. The third-order valence-corrected chi connectivity index (χ3v) is 11.8. The average Bonchev–Trinajstić information content (AvgIpc) is 3.88. The van der Waals surface area contributed by atoms with E-state index in [-0.39, 0.29) is 23.4 Å². The van der Waals surface area contributed by atoms with Gasteiger partial charge in [-0.2, -0.15) is 4.31 Å². The number of piperidine rings is 1. The Hall–Kier alpha value is -4.22. The van der Waals surface area contributed by atoms with Gasteiger partial charge in [0.2, 0.25) is 15.9 Å². The first-order valence-corrected chi connectivity index (χ1v) is 18.4. The number of likely N-dealkylation sites (N-methyl/N-ethyl adjacent to an activating group) is 1. The van der Waals surface area contributed by atoms with Crippen LogP contribution in [0.15, 0.2) is 102 Å². The van der Waals surface area contributed by atoms with Crippen molar-refractivity contribution in [3.8, 4) is 11.1 Å². The molecule has 0 spiro atoms. The van der Waals surface area contributed by atoms with E-state index in [1.54, 1.807) is 48.5 Å². The smallest absolute Gasteiger partial charge is 0.335 e. The van der Waals surface area contributed by atoms with Crippen molar-refractivity contribution >= 4 is 39.2 Å². The first kappa shape index (κ1) is 34.6. The highest BCUT2D eigenvalue weighted by atomic mass is 35.5. The summed E-state index contributed by atoms with van der Waals surface area (Å²) >= 11 is 6.06. The summed E-state index contributed by atoms with van der Waals surface area (Å²) in [5.41, 5.74) is 2.51. The number of likely N-dealkylation sites (tertiary alicyclic amines) is 1. The number of sulfonamides is 1. The standard InChI is InChI=1S/C38H41ClN4O5S/c1-40-37(46)38(25-35(38)30-8-6-10-33(24-30)41-19-22-42-20-3-2-4-21-42)43(26-27-7-5-9-31(23-27)36(44)45)49(47,48)34-17-13-29(14-18-34)28-11-15-32(39)16-12-28/h5-18,23-24,35,41H,2-4,19-22,25-26H2,1H3,(H,40,46)(H,44,45)/t35-,38+/m0/s1. The third-order valence-electron chi connectivity index (χ3n) is 9.61. The number of carboxylic acids is 1. The van der Waals surface area contributed by atoms with Gasteiger partial charge in [0.25, 0.3) is 0 Å². The van der Waals surface area contributed by atoms with Crippen molar-refractivity contribution in [1.82, 2.24) is 14.5 Å². The van der Waals surface area contributed by atoms with Gasteiger partial charge in [-0.15, -0.1) is 0 Å². The normalized spacial score (nSPS) is 19.4. The fourth-order valence-corrected chi connectivity index (χ4v) is 8.80. The van der Waals surface area contributed by atoms with E-state index in [0.29, 0.717) is 10.6 Å². The van der Waals surface area contributed by atoms with E-state index in [0.717, 1.165) is 48.6 Å². The maximum absolute atomic E-state index is 14.7. The maximum Gasteiger partial charge on any atom is 0.335 e. The molecule has 3 N–H and O–H groups in total. The summed E-state index contributed by atoms with van der Waals surface area (Å²) in [6.45, 7) is 3.75. The Morgan fingerprint density at radius 3 is 2.27 bits per heavy atom. The molecule has 1 aliphatic heterocycles. The zero-order chi connectivity index (χ0) is 34.6. The molecule has 2 fully saturated rings. The predicted molar refractivity (Wildman–Crippen MR) is 192 cm³/mol. The number of carbonyl (C=O) groups excluding carboxylic acids is 1. The maximum atomic E-state index is 14.7. The van der Waals surface area contributed by atoms with Gasteiger partial charge in [0.15, 0.2) is 0 Å². The van der Waals surface area contributed by atoms with E-state index in [1.165, 1.54) is 42.7 Å². The molecular formula is C38H41ClN4O5S. The van der Waals surface area contributed by atoms with E-state index in [4.69, 9.17) is 11.6 Å². The highest BCUT2D eigenvalue weighted by Crippen LogP contribution is 2.58. The molecule has 0 bridgehead atoms. The minimum absolute atomic E-state index is 0.0293. The van der Waals surface area contributed by atoms with Gasteiger partial charge in [-0.1, -0.05) is 66.6 Å². The van der Waals surface area contributed by atoms with Crippen LogP contribution in [0.4, 0.5) is 5.69 Å². The van der Waals surface area contributed by atoms with Crippen LogP contribution in [-0.4, -0.2) is 73.4 Å². The Morgan fingerprint density at radius 2 is 1.59 bits per heavy atom. The number of carboxylic acid groups (broad SMARTS) is 1. The van der Waals surface area contributed by atoms with Crippen LogP contribution in [0.2, 0.25) is 5.02 Å². The molecular weight excluding hydrogens is 660 g/mol. The topological polar surface area (TPSA) is 119 Å². The second-order valence-corrected chi connectivity index (χ2v) is 15.1. The van der Waals surface area contributed by atoms with E-state index >= 15 is 0 Å². The molecule has 11 heteroatoms. The number of amides is 1. The molecule has 0 radical (unpaired) electrons. The zero-order valence-electron chi connectivity index (χ0n) is 27.4. The number of aromatic carboxylic acids is 1. The van der Waals surface area contributed by atoms with E-state index < -0.39 is 33.4 Å². The molecule has 0 aromatic heterocycles. The Labute approximate surface area is 293 Å². The lowest BCUT2D eigenvalue weighted by atomic mass is 10.0. The van der Waals surface area contributed by atoms with Crippen molar-refractivity contribution in [2.75, 3.05) is 38.5 Å². The van der Waals surface area contributed by atoms with Gasteiger partial charge in [-0.25, -0.2) is 13.2 Å². The van der Waals surface area contributed by atoms with Gasteiger partial charge in [-0.3, -0.25) is 4.79 Å². The molecule has 1 saturated carbocycles. The second-order valence-electron chi connectivity index (χ2n) is 12.8. The molecule has 6 rings (SSSR count). The Morgan fingerprint density at radius 1 is 0.918 bits per heavy atom. The summed E-state index contributed by atoms with van der Waals surface area (Å²) in [7, 11) is -2.77. The molecule has 1 aliphatic carbocycles. The summed E-state index contributed by atoms with van der Waals surface area (Å²) in [4.78, 5) is 28.2. The highest BCUT2D eigenvalue weighted by Gasteiger charge is 2.67. The molecule has 4 aromatic rings. The molecule has 49 heavy (non-hydrogen) atoms. The molecule has 1 saturated heterocycles. The van der Waals surface area contributed by atoms with Crippen molar-refractivity contribution in [2.45, 2.75) is 48.6 Å². The lowest BCUT2D eigenvalue weighted by Crippen LogP contribution is -2.51. The van der Waals surface area contributed by atoms with Crippen LogP contribution in [-0.2, 0) is 21.4 Å². The van der Waals surface area contributed by atoms with Gasteiger partial charge in [0.1, 0.15) is 5.54 Å². The summed E-state index contributed by atoms with van der Waals surface area (Å²) in [5.74, 6) is -1.97. The number of rotatable bonds is 13. The van der Waals surface area contributed by atoms with Crippen molar-refractivity contribution in [2.24, 2.45) is 0 Å². The average molecular weight is 701 g/mol. The van der Waals surface area contributed by atoms with Crippen LogP contribution in [0.25, 0.3) is 11.1 Å². The fourth-order valence-electron chi connectivity index (χ4n) is 6.91. The number of anilines is 1. The van der Waals surface area contributed by atoms with Crippen LogP contribution >= 0.6 is 11.6 Å². The van der Waals surface area contributed by atoms with Crippen molar-refractivity contribution < 1.29 is 23.1 Å². The first-order chi connectivity index (χ1) is 23.6. The molecule has 2 atom stereocenters. The third kappa shape index (κ3) is 7.52. The quantitative estimate of drug-likeness (QED) is 0.146. The summed E-state index contributed by atoms with van der Waals surface area (Å²) in [5, 5.41) is 16.5. The van der Waals surface area contributed by atoms with Gasteiger partial charge in [0, 0.05) is 43.3 Å². The largest absolute Gasteiger partial charge is 0.478 e. The van der Waals surface area contributed by atoms with Crippen LogP contribution in [0.1, 0.15) is 53.1 Å². The SMILES string of the molecule is CNC(=O)[C@@]1(N(Cc2cccc(C(=O)O)c2)S(=O)(=O)c2ccc(-c3ccc(Cl)cc3)cc2)C[C@H]1c1cccc(NCCN2CCCCC2)c1. The van der Waals surface area contributed by atoms with Crippen molar-refractivity contribution in [3.63, 3.8) is 0 Å². The lowest BCUT2D eigenvalue weighted by molar-refractivity contribution is -0.126. The molecule has 2 aliphatic rings. The van der Waals surface area contributed by atoms with Crippen molar-refractivity contribution in [3.05, 3.63) is 119 Å². The minimum Gasteiger partial charge on any atom is -0.478 e. The predicted octanol–water partition coefficient (Wildman–Crippen LogP) is 6.47. The van der Waals surface area contributed by atoms with Crippen LogP contribution in [0.3, 0.4) is 0 Å². The van der Waals surface area contributed by atoms with Crippen LogP contribution in [0.5, 0.6) is 0 Å². The van der Waals surface area contributed by atoms with Crippen LogP contribution < -0.4 is 10.6 Å². The Balaban J connectivity index is 1.34. The number of benzene rings is 4.